The van der Waals surface area contributed by atoms with Crippen molar-refractivity contribution in [2.24, 2.45) is 5.92 Å². The fourth-order valence-electron chi connectivity index (χ4n) is 3.00. The van der Waals surface area contributed by atoms with Crippen LogP contribution in [0.25, 0.3) is 0 Å². The van der Waals surface area contributed by atoms with Crippen molar-refractivity contribution in [3.8, 4) is 0 Å². The minimum atomic E-state index is -0.341. The van der Waals surface area contributed by atoms with E-state index in [1.165, 1.54) is 12.1 Å². The van der Waals surface area contributed by atoms with Gasteiger partial charge in [-0.05, 0) is 58.6 Å². The minimum Gasteiger partial charge on any atom is -0.342 e. The highest BCUT2D eigenvalue weighted by molar-refractivity contribution is 9.10. The number of likely N-dealkylation sites (tertiary alicyclic amines) is 1. The lowest BCUT2D eigenvalue weighted by Gasteiger charge is -2.31. The Hall–Kier alpha value is -2.28. The van der Waals surface area contributed by atoms with Crippen LogP contribution in [0.3, 0.4) is 0 Å². The van der Waals surface area contributed by atoms with Crippen molar-refractivity contribution < 1.29 is 14.0 Å². The van der Waals surface area contributed by atoms with Crippen molar-refractivity contribution in [1.29, 1.82) is 0 Å². The maximum absolute atomic E-state index is 13.2. The molecule has 5 nitrogen and oxygen atoms in total. The molecule has 0 spiro atoms. The molecule has 1 aromatic carbocycles. The number of nitrogens with zero attached hydrogens (tertiary/aromatic N) is 2. The third kappa shape index (κ3) is 4.88. The largest absolute Gasteiger partial charge is 0.342 e. The van der Waals surface area contributed by atoms with Gasteiger partial charge in [0.05, 0.1) is 6.42 Å². The molecule has 0 radical (unpaired) electrons. The number of carbonyl (C=O) groups excluding carboxylic acids is 2. The number of rotatable bonds is 4. The molecule has 7 heteroatoms. The monoisotopic (exact) mass is 419 g/mol. The number of benzene rings is 1. The predicted octanol–water partition coefficient (Wildman–Crippen LogP) is 3.40. The number of nitrogens with one attached hydrogen (secondary N) is 1. The summed E-state index contributed by atoms with van der Waals surface area (Å²) in [4.78, 5) is 30.6. The lowest BCUT2D eigenvalue weighted by atomic mass is 9.95. The summed E-state index contributed by atoms with van der Waals surface area (Å²) in [6.45, 7) is 1.06. The maximum atomic E-state index is 13.2. The molecule has 1 aliphatic rings. The van der Waals surface area contributed by atoms with Crippen molar-refractivity contribution in [2.75, 3.05) is 18.4 Å². The Morgan fingerprint density at radius 1 is 1.23 bits per heavy atom. The van der Waals surface area contributed by atoms with E-state index in [9.17, 15) is 14.0 Å². The summed E-state index contributed by atoms with van der Waals surface area (Å²) in [5.41, 5.74) is 0.663. The highest BCUT2D eigenvalue weighted by Crippen LogP contribution is 2.20. The molecule has 0 saturated carbocycles. The van der Waals surface area contributed by atoms with Crippen LogP contribution in [0, 0.1) is 11.7 Å². The molecule has 0 unspecified atom stereocenters. The van der Waals surface area contributed by atoms with E-state index < -0.39 is 0 Å². The Labute approximate surface area is 159 Å². The van der Waals surface area contributed by atoms with Crippen LogP contribution in [0.4, 0.5) is 10.2 Å². The molecule has 1 aromatic heterocycles. The van der Waals surface area contributed by atoms with Gasteiger partial charge >= 0.3 is 0 Å². The van der Waals surface area contributed by atoms with Gasteiger partial charge in [-0.15, -0.1) is 0 Å². The molecular weight excluding hydrogens is 401 g/mol. The van der Waals surface area contributed by atoms with Crippen molar-refractivity contribution in [3.05, 3.63) is 58.4 Å². The van der Waals surface area contributed by atoms with Crippen molar-refractivity contribution >= 4 is 33.6 Å². The van der Waals surface area contributed by atoms with Crippen molar-refractivity contribution in [1.82, 2.24) is 9.88 Å². The minimum absolute atomic E-state index is 0.0379. The van der Waals surface area contributed by atoms with Crippen LogP contribution in [0.2, 0.25) is 0 Å². The summed E-state index contributed by atoms with van der Waals surface area (Å²) < 4.78 is 14.1. The molecule has 0 aliphatic carbocycles. The summed E-state index contributed by atoms with van der Waals surface area (Å²) in [5, 5.41) is 2.81. The third-order valence-electron chi connectivity index (χ3n) is 4.44. The van der Waals surface area contributed by atoms with Gasteiger partial charge in [-0.1, -0.05) is 12.1 Å². The van der Waals surface area contributed by atoms with E-state index in [-0.39, 0.29) is 30.0 Å². The van der Waals surface area contributed by atoms with E-state index in [1.807, 2.05) is 6.07 Å². The molecule has 0 bridgehead atoms. The van der Waals surface area contributed by atoms with E-state index >= 15 is 0 Å². The van der Waals surface area contributed by atoms with Crippen LogP contribution < -0.4 is 5.32 Å². The Morgan fingerprint density at radius 3 is 2.65 bits per heavy atom. The van der Waals surface area contributed by atoms with Gasteiger partial charge in [0.25, 0.3) is 0 Å². The van der Waals surface area contributed by atoms with Gasteiger partial charge < -0.3 is 10.2 Å². The zero-order valence-corrected chi connectivity index (χ0v) is 15.7. The second kappa shape index (κ2) is 8.40. The quantitative estimate of drug-likeness (QED) is 0.825. The van der Waals surface area contributed by atoms with E-state index in [0.29, 0.717) is 37.3 Å². The molecular formula is C19H19BrFN3O2. The Kier molecular flexibility index (Phi) is 5.98. The van der Waals surface area contributed by atoms with Crippen LogP contribution in [0.5, 0.6) is 0 Å². The van der Waals surface area contributed by atoms with Gasteiger partial charge in [0.15, 0.2) is 0 Å². The fourth-order valence-corrected chi connectivity index (χ4v) is 3.24. The Morgan fingerprint density at radius 2 is 2.00 bits per heavy atom. The zero-order chi connectivity index (χ0) is 18.5. The van der Waals surface area contributed by atoms with Crippen molar-refractivity contribution in [2.45, 2.75) is 19.3 Å². The second-order valence-electron chi connectivity index (χ2n) is 6.31. The number of hydrogen-bond acceptors (Lipinski definition) is 3. The van der Waals surface area contributed by atoms with Crippen LogP contribution in [-0.4, -0.2) is 34.8 Å². The second-order valence-corrected chi connectivity index (χ2v) is 7.23. The number of anilines is 1. The number of halogens is 2. The van der Waals surface area contributed by atoms with Crippen LogP contribution >= 0.6 is 15.9 Å². The van der Waals surface area contributed by atoms with E-state index in [0.717, 1.165) is 4.47 Å². The standard InChI is InChI=1S/C19H19BrFN3O2/c20-15-4-5-17(22-12-15)23-19(26)14-6-8-24(9-7-14)18(25)11-13-2-1-3-16(21)10-13/h1-5,10,12,14H,6-9,11H2,(H,22,23,26). The first-order valence-corrected chi connectivity index (χ1v) is 9.25. The molecule has 1 saturated heterocycles. The highest BCUT2D eigenvalue weighted by atomic mass is 79.9. The Balaban J connectivity index is 1.49. The van der Waals surface area contributed by atoms with E-state index in [4.69, 9.17) is 0 Å². The molecule has 1 fully saturated rings. The van der Waals surface area contributed by atoms with Crippen LogP contribution in [0.1, 0.15) is 18.4 Å². The molecule has 136 valence electrons. The van der Waals surface area contributed by atoms with Gasteiger partial charge in [-0.3, -0.25) is 9.59 Å². The molecule has 1 aliphatic heterocycles. The number of carbonyl (C=O) groups is 2. The number of pyridine rings is 1. The van der Waals surface area contributed by atoms with Gasteiger partial charge in [-0.2, -0.15) is 0 Å². The van der Waals surface area contributed by atoms with Gasteiger partial charge in [0.2, 0.25) is 11.8 Å². The highest BCUT2D eigenvalue weighted by Gasteiger charge is 2.27. The summed E-state index contributed by atoms with van der Waals surface area (Å²) in [5.74, 6) is -0.0743. The molecule has 0 atom stereocenters. The number of piperidine rings is 1. The predicted molar refractivity (Wildman–Crippen MR) is 100.0 cm³/mol. The van der Waals surface area contributed by atoms with Crippen LogP contribution in [0.15, 0.2) is 47.1 Å². The maximum Gasteiger partial charge on any atom is 0.228 e. The summed E-state index contributed by atoms with van der Waals surface area (Å²) in [7, 11) is 0. The lowest BCUT2D eigenvalue weighted by molar-refractivity contribution is -0.133. The topological polar surface area (TPSA) is 62.3 Å². The third-order valence-corrected chi connectivity index (χ3v) is 4.91. The van der Waals surface area contributed by atoms with E-state index in [2.05, 4.69) is 26.2 Å². The number of hydrogen-bond donors (Lipinski definition) is 1. The van der Waals surface area contributed by atoms with Crippen molar-refractivity contribution in [3.63, 3.8) is 0 Å². The zero-order valence-electron chi connectivity index (χ0n) is 14.1. The normalized spacial score (nSPS) is 14.9. The fraction of sp³-hybridized carbons (Fsp3) is 0.316. The molecule has 2 amide bonds. The first-order valence-electron chi connectivity index (χ1n) is 8.46. The summed E-state index contributed by atoms with van der Waals surface area (Å²) in [6.07, 6.45) is 3.02. The molecule has 3 rings (SSSR count). The first-order chi connectivity index (χ1) is 12.5. The van der Waals surface area contributed by atoms with Crippen LogP contribution in [-0.2, 0) is 16.0 Å². The average Bonchev–Trinajstić information content (AvgIpc) is 2.64. The molecule has 26 heavy (non-hydrogen) atoms. The van der Waals surface area contributed by atoms with E-state index in [1.54, 1.807) is 29.3 Å². The lowest BCUT2D eigenvalue weighted by Crippen LogP contribution is -2.42. The average molecular weight is 420 g/mol. The SMILES string of the molecule is O=C(Nc1ccc(Br)cn1)C1CCN(C(=O)Cc2cccc(F)c2)CC1. The first kappa shape index (κ1) is 18.5. The van der Waals surface area contributed by atoms with Gasteiger partial charge in [0, 0.05) is 29.7 Å². The van der Waals surface area contributed by atoms with Gasteiger partial charge in [-0.25, -0.2) is 9.37 Å². The molecule has 1 N–H and O–H groups in total. The molecule has 2 heterocycles. The Bertz CT molecular complexity index is 790. The summed E-state index contributed by atoms with van der Waals surface area (Å²) in [6, 6.07) is 9.63. The van der Waals surface area contributed by atoms with Gasteiger partial charge in [0.1, 0.15) is 11.6 Å². The molecule has 2 aromatic rings. The number of aromatic nitrogens is 1. The smallest absolute Gasteiger partial charge is 0.228 e. The number of amides is 2. The summed E-state index contributed by atoms with van der Waals surface area (Å²) >= 11 is 3.30.